The number of aromatic nitrogens is 1. The van der Waals surface area contributed by atoms with Crippen LogP contribution in [0.5, 0.6) is 0 Å². The molecule has 106 valence electrons. The number of pyridine rings is 1. The molecule has 1 heterocycles. The zero-order valence-corrected chi connectivity index (χ0v) is 11.7. The number of nitrogens with two attached hydrogens (primary N) is 1. The third kappa shape index (κ3) is 3.80. The van der Waals surface area contributed by atoms with Crippen molar-refractivity contribution in [2.45, 2.75) is 17.0 Å². The van der Waals surface area contributed by atoms with E-state index < -0.39 is 11.7 Å². The first-order chi connectivity index (χ1) is 9.36. The molecule has 0 bridgehead atoms. The van der Waals surface area contributed by atoms with E-state index in [0.29, 0.717) is 10.8 Å². The second-order valence-corrected chi connectivity index (χ2v) is 5.40. The molecule has 0 aliphatic carbocycles. The maximum Gasteiger partial charge on any atom is 0.416 e. The molecule has 20 heavy (non-hydrogen) atoms. The van der Waals surface area contributed by atoms with Crippen LogP contribution in [-0.2, 0) is 11.9 Å². The van der Waals surface area contributed by atoms with Gasteiger partial charge in [-0.2, -0.15) is 13.2 Å². The molecule has 2 N–H and O–H groups in total. The molecule has 0 saturated heterocycles. The van der Waals surface area contributed by atoms with Gasteiger partial charge in [-0.25, -0.2) is 4.98 Å². The lowest BCUT2D eigenvalue weighted by molar-refractivity contribution is -0.137. The Balaban J connectivity index is 2.18. The first-order valence-electron chi connectivity index (χ1n) is 5.57. The molecule has 2 aromatic rings. The average Bonchev–Trinajstić information content (AvgIpc) is 2.36. The summed E-state index contributed by atoms with van der Waals surface area (Å²) in [6.07, 6.45) is -4.43. The highest BCUT2D eigenvalue weighted by Gasteiger charge is 2.31. The number of hydrogen-bond acceptors (Lipinski definition) is 3. The average molecular weight is 319 g/mol. The van der Waals surface area contributed by atoms with Gasteiger partial charge in [0, 0.05) is 10.8 Å². The summed E-state index contributed by atoms with van der Waals surface area (Å²) < 4.78 is 38.0. The molecule has 0 radical (unpaired) electrons. The molecule has 0 saturated carbocycles. The highest BCUT2D eigenvalue weighted by atomic mass is 35.5. The van der Waals surface area contributed by atoms with Crippen LogP contribution in [0.3, 0.4) is 0 Å². The molecule has 0 spiro atoms. The minimum atomic E-state index is -4.43. The zero-order chi connectivity index (χ0) is 14.8. The van der Waals surface area contributed by atoms with Gasteiger partial charge in [-0.05, 0) is 23.8 Å². The molecule has 2 nitrogen and oxygen atoms in total. The number of thioether (sulfide) groups is 1. The van der Waals surface area contributed by atoms with E-state index in [9.17, 15) is 13.2 Å². The van der Waals surface area contributed by atoms with Gasteiger partial charge in [0.2, 0.25) is 0 Å². The quantitative estimate of drug-likeness (QED) is 0.839. The Kier molecular flexibility index (Phi) is 4.45. The molecule has 2 rings (SSSR count). The lowest BCUT2D eigenvalue weighted by atomic mass is 10.2. The fourth-order valence-electron chi connectivity index (χ4n) is 1.53. The smallest absolute Gasteiger partial charge is 0.384 e. The molecule has 1 aromatic carbocycles. The number of benzene rings is 1. The van der Waals surface area contributed by atoms with Crippen LogP contribution < -0.4 is 5.73 Å². The Morgan fingerprint density at radius 2 is 1.90 bits per heavy atom. The summed E-state index contributed by atoms with van der Waals surface area (Å²) in [4.78, 5) is 3.89. The predicted molar refractivity (Wildman–Crippen MR) is 74.7 cm³/mol. The number of rotatable bonds is 3. The van der Waals surface area contributed by atoms with Crippen molar-refractivity contribution in [1.29, 1.82) is 0 Å². The fraction of sp³-hybridized carbons (Fsp3) is 0.154. The van der Waals surface area contributed by atoms with Gasteiger partial charge in [-0.15, -0.1) is 11.8 Å². The number of nitrogens with zero attached hydrogens (tertiary/aromatic N) is 1. The Morgan fingerprint density at radius 1 is 1.20 bits per heavy atom. The second kappa shape index (κ2) is 5.93. The molecule has 0 unspecified atom stereocenters. The van der Waals surface area contributed by atoms with Crippen LogP contribution in [0.15, 0.2) is 41.4 Å². The third-order valence-corrected chi connectivity index (χ3v) is 3.81. The predicted octanol–water partition coefficient (Wildman–Crippen LogP) is 4.63. The van der Waals surface area contributed by atoms with Gasteiger partial charge in [0.05, 0.1) is 10.6 Å². The molecule has 0 atom stereocenters. The van der Waals surface area contributed by atoms with E-state index in [0.717, 1.165) is 29.5 Å². The van der Waals surface area contributed by atoms with Crippen molar-refractivity contribution in [1.82, 2.24) is 4.98 Å². The standard InChI is InChI=1S/C13H10ClF3N2S/c14-10-4-2-1-3-8(10)7-20-12-6-9(13(15,16)17)5-11(18)19-12/h1-6H,7H2,(H2,18,19). The van der Waals surface area contributed by atoms with Crippen LogP contribution in [0.2, 0.25) is 5.02 Å². The minimum absolute atomic E-state index is 0.151. The molecule has 1 aromatic heterocycles. The Hall–Kier alpha value is -1.40. The van der Waals surface area contributed by atoms with Crippen LogP contribution in [0.4, 0.5) is 19.0 Å². The fourth-order valence-corrected chi connectivity index (χ4v) is 2.75. The van der Waals surface area contributed by atoms with Gasteiger partial charge in [-0.1, -0.05) is 29.8 Å². The van der Waals surface area contributed by atoms with Crippen molar-refractivity contribution in [2.75, 3.05) is 5.73 Å². The highest BCUT2D eigenvalue weighted by molar-refractivity contribution is 7.98. The van der Waals surface area contributed by atoms with E-state index >= 15 is 0 Å². The van der Waals surface area contributed by atoms with Crippen molar-refractivity contribution in [3.63, 3.8) is 0 Å². The second-order valence-electron chi connectivity index (χ2n) is 4.00. The van der Waals surface area contributed by atoms with Crippen molar-refractivity contribution in [3.05, 3.63) is 52.5 Å². The van der Waals surface area contributed by atoms with Crippen molar-refractivity contribution < 1.29 is 13.2 Å². The number of anilines is 1. The Bertz CT molecular complexity index is 617. The third-order valence-electron chi connectivity index (χ3n) is 2.48. The summed E-state index contributed by atoms with van der Waals surface area (Å²) in [5.74, 6) is 0.273. The van der Waals surface area contributed by atoms with Gasteiger partial charge in [0.15, 0.2) is 0 Å². The van der Waals surface area contributed by atoms with E-state index in [4.69, 9.17) is 17.3 Å². The molecule has 0 amide bonds. The number of alkyl halides is 3. The van der Waals surface area contributed by atoms with E-state index in [1.54, 1.807) is 12.1 Å². The normalized spacial score (nSPS) is 11.6. The largest absolute Gasteiger partial charge is 0.416 e. The van der Waals surface area contributed by atoms with Gasteiger partial charge >= 0.3 is 6.18 Å². The van der Waals surface area contributed by atoms with Crippen LogP contribution in [0.25, 0.3) is 0 Å². The molecule has 0 fully saturated rings. The zero-order valence-electron chi connectivity index (χ0n) is 10.1. The monoisotopic (exact) mass is 318 g/mol. The van der Waals surface area contributed by atoms with Crippen molar-refractivity contribution >= 4 is 29.2 Å². The topological polar surface area (TPSA) is 38.9 Å². The van der Waals surface area contributed by atoms with Crippen LogP contribution in [0, 0.1) is 0 Å². The Labute approximate surface area is 123 Å². The maximum atomic E-state index is 12.7. The lowest BCUT2D eigenvalue weighted by Gasteiger charge is -2.09. The van der Waals surface area contributed by atoms with Gasteiger partial charge in [0.25, 0.3) is 0 Å². The molecular weight excluding hydrogens is 309 g/mol. The van der Waals surface area contributed by atoms with E-state index in [1.165, 1.54) is 0 Å². The maximum absolute atomic E-state index is 12.7. The summed E-state index contributed by atoms with van der Waals surface area (Å²) in [7, 11) is 0. The Morgan fingerprint density at radius 3 is 2.55 bits per heavy atom. The van der Waals surface area contributed by atoms with Gasteiger partial charge in [0.1, 0.15) is 5.82 Å². The minimum Gasteiger partial charge on any atom is -0.384 e. The number of nitrogen functional groups attached to an aromatic ring is 1. The summed E-state index contributed by atoms with van der Waals surface area (Å²) in [6.45, 7) is 0. The van der Waals surface area contributed by atoms with Gasteiger partial charge < -0.3 is 5.73 Å². The lowest BCUT2D eigenvalue weighted by Crippen LogP contribution is -2.07. The molecular formula is C13H10ClF3N2S. The van der Waals surface area contributed by atoms with Crippen LogP contribution in [-0.4, -0.2) is 4.98 Å². The van der Waals surface area contributed by atoms with E-state index in [1.807, 2.05) is 12.1 Å². The number of hydrogen-bond donors (Lipinski definition) is 1. The van der Waals surface area contributed by atoms with E-state index in [-0.39, 0.29) is 10.8 Å². The molecule has 0 aliphatic rings. The van der Waals surface area contributed by atoms with Crippen LogP contribution in [0.1, 0.15) is 11.1 Å². The number of halogens is 4. The summed E-state index contributed by atoms with van der Waals surface area (Å²) in [5, 5.41) is 0.789. The van der Waals surface area contributed by atoms with Crippen LogP contribution >= 0.6 is 23.4 Å². The van der Waals surface area contributed by atoms with Gasteiger partial charge in [-0.3, -0.25) is 0 Å². The van der Waals surface area contributed by atoms with Crippen molar-refractivity contribution in [3.8, 4) is 0 Å². The molecule has 7 heteroatoms. The summed E-state index contributed by atoms with van der Waals surface area (Å²) >= 11 is 7.14. The van der Waals surface area contributed by atoms with E-state index in [2.05, 4.69) is 4.98 Å². The summed E-state index contributed by atoms with van der Waals surface area (Å²) in [6, 6.07) is 8.95. The SMILES string of the molecule is Nc1cc(C(F)(F)F)cc(SCc2ccccc2Cl)n1. The first kappa shape index (κ1) is 15.0. The first-order valence-corrected chi connectivity index (χ1v) is 6.93. The molecule has 0 aliphatic heterocycles. The highest BCUT2D eigenvalue weighted by Crippen LogP contribution is 2.33. The van der Waals surface area contributed by atoms with Crippen molar-refractivity contribution in [2.24, 2.45) is 0 Å². The summed E-state index contributed by atoms with van der Waals surface area (Å²) in [5.41, 5.74) is 5.44.